The third-order valence-electron chi connectivity index (χ3n) is 2.47. The fourth-order valence-electron chi connectivity index (χ4n) is 1.54. The van der Waals surface area contributed by atoms with Gasteiger partial charge < -0.3 is 0 Å². The molecule has 0 aliphatic heterocycles. The van der Waals surface area contributed by atoms with E-state index in [0.717, 1.165) is 0 Å². The quantitative estimate of drug-likeness (QED) is 0.648. The summed E-state index contributed by atoms with van der Waals surface area (Å²) in [6, 6.07) is 12.9. The van der Waals surface area contributed by atoms with Gasteiger partial charge in [-0.2, -0.15) is 0 Å². The van der Waals surface area contributed by atoms with Crippen LogP contribution >= 0.6 is 17.0 Å². The minimum Gasteiger partial charge on any atom is -0.114 e. The van der Waals surface area contributed by atoms with Crippen LogP contribution < -0.4 is 0 Å². The van der Waals surface area contributed by atoms with Crippen molar-refractivity contribution in [3.05, 3.63) is 47.5 Å². The second kappa shape index (κ2) is 3.93. The number of hydrogen-bond donors (Lipinski definition) is 0. The first-order valence-corrected chi connectivity index (χ1v) is 4.24. The summed E-state index contributed by atoms with van der Waals surface area (Å²) in [5.74, 6) is 0. The van der Waals surface area contributed by atoms with Gasteiger partial charge in [0.15, 0.2) is 0 Å². The summed E-state index contributed by atoms with van der Waals surface area (Å²) in [5.41, 5.74) is 2.77. The lowest BCUT2D eigenvalue weighted by molar-refractivity contribution is 1.38. The van der Waals surface area contributed by atoms with E-state index in [2.05, 4.69) is 50.2 Å². The highest BCUT2D eigenvalue weighted by Gasteiger charge is 1.97. The monoisotopic (exact) mass is 236 g/mol. The van der Waals surface area contributed by atoms with Crippen LogP contribution in [0.1, 0.15) is 11.1 Å². The van der Waals surface area contributed by atoms with Gasteiger partial charge in [-0.1, -0.05) is 36.4 Å². The molecule has 0 saturated heterocycles. The molecule has 2 aromatic carbocycles. The van der Waals surface area contributed by atoms with Gasteiger partial charge in [0.1, 0.15) is 0 Å². The van der Waals surface area contributed by atoms with Gasteiger partial charge in [-0.05, 0) is 35.7 Å². The van der Waals surface area contributed by atoms with Gasteiger partial charge in [-0.15, -0.1) is 17.0 Å². The van der Waals surface area contributed by atoms with Gasteiger partial charge in [0.2, 0.25) is 0 Å². The van der Waals surface area contributed by atoms with Crippen LogP contribution in [-0.4, -0.2) is 0 Å². The van der Waals surface area contributed by atoms with Crippen molar-refractivity contribution < 1.29 is 0 Å². The molecule has 0 aliphatic carbocycles. The Morgan fingerprint density at radius 3 is 2.31 bits per heavy atom. The number of rotatable bonds is 0. The lowest BCUT2D eigenvalue weighted by atomic mass is 10.0. The molecule has 0 bridgehead atoms. The number of benzene rings is 2. The molecule has 0 atom stereocenters. The van der Waals surface area contributed by atoms with Gasteiger partial charge in [0.05, 0.1) is 0 Å². The van der Waals surface area contributed by atoms with Gasteiger partial charge >= 0.3 is 0 Å². The highest BCUT2D eigenvalue weighted by atomic mass is 79.9. The molecule has 0 spiro atoms. The van der Waals surface area contributed by atoms with Crippen LogP contribution in [0.3, 0.4) is 0 Å². The van der Waals surface area contributed by atoms with Crippen LogP contribution in [0.25, 0.3) is 10.8 Å². The van der Waals surface area contributed by atoms with Crippen molar-refractivity contribution in [2.45, 2.75) is 13.8 Å². The summed E-state index contributed by atoms with van der Waals surface area (Å²) in [7, 11) is 0. The highest BCUT2D eigenvalue weighted by Crippen LogP contribution is 2.20. The molecular formula is C12H13Br. The third-order valence-corrected chi connectivity index (χ3v) is 2.47. The van der Waals surface area contributed by atoms with Crippen molar-refractivity contribution in [1.29, 1.82) is 0 Å². The average molecular weight is 237 g/mol. The summed E-state index contributed by atoms with van der Waals surface area (Å²) in [4.78, 5) is 0. The fraction of sp³-hybridized carbons (Fsp3) is 0.167. The number of hydrogen-bond acceptors (Lipinski definition) is 0. The molecule has 2 aromatic rings. The Morgan fingerprint density at radius 1 is 0.846 bits per heavy atom. The maximum Gasteiger partial charge on any atom is -0.0152 e. The second-order valence-electron chi connectivity index (χ2n) is 3.23. The minimum atomic E-state index is 0. The molecule has 68 valence electrons. The Morgan fingerprint density at radius 2 is 1.54 bits per heavy atom. The molecule has 0 unspecified atom stereocenters. The lowest BCUT2D eigenvalue weighted by Crippen LogP contribution is -1.82. The maximum absolute atomic E-state index is 2.18. The Hall–Kier alpha value is -0.820. The predicted molar refractivity (Wildman–Crippen MR) is 63.7 cm³/mol. The normalized spacial score (nSPS) is 9.69. The topological polar surface area (TPSA) is 0 Å². The molecule has 13 heavy (non-hydrogen) atoms. The SMILES string of the molecule is Br.Cc1ccc2ccccc2c1C. The predicted octanol–water partition coefficient (Wildman–Crippen LogP) is 4.03. The molecule has 0 N–H and O–H groups in total. The molecule has 0 radical (unpaired) electrons. The number of aryl methyl sites for hydroxylation is 2. The Balaban J connectivity index is 0.000000845. The van der Waals surface area contributed by atoms with Crippen molar-refractivity contribution in [2.75, 3.05) is 0 Å². The van der Waals surface area contributed by atoms with E-state index in [1.807, 2.05) is 0 Å². The Bertz CT molecular complexity index is 418. The van der Waals surface area contributed by atoms with E-state index in [9.17, 15) is 0 Å². The molecular weight excluding hydrogens is 224 g/mol. The molecule has 0 fully saturated rings. The number of halogens is 1. The molecule has 2 rings (SSSR count). The van der Waals surface area contributed by atoms with E-state index in [1.54, 1.807) is 0 Å². The van der Waals surface area contributed by atoms with E-state index in [1.165, 1.54) is 21.9 Å². The van der Waals surface area contributed by atoms with E-state index >= 15 is 0 Å². The van der Waals surface area contributed by atoms with Crippen LogP contribution in [0.2, 0.25) is 0 Å². The fourth-order valence-corrected chi connectivity index (χ4v) is 1.54. The zero-order valence-electron chi connectivity index (χ0n) is 7.87. The van der Waals surface area contributed by atoms with Crippen LogP contribution in [0.4, 0.5) is 0 Å². The number of fused-ring (bicyclic) bond motifs is 1. The van der Waals surface area contributed by atoms with Crippen molar-refractivity contribution in [1.82, 2.24) is 0 Å². The van der Waals surface area contributed by atoms with Crippen LogP contribution in [0.15, 0.2) is 36.4 Å². The van der Waals surface area contributed by atoms with Gasteiger partial charge in [-0.3, -0.25) is 0 Å². The molecule has 0 aromatic heterocycles. The van der Waals surface area contributed by atoms with Crippen LogP contribution in [0.5, 0.6) is 0 Å². The largest absolute Gasteiger partial charge is 0.114 e. The minimum absolute atomic E-state index is 0. The molecule has 0 amide bonds. The standard InChI is InChI=1S/C12H12.BrH/c1-9-7-8-11-5-3-4-6-12(11)10(9)2;/h3-8H,1-2H3;1H. The van der Waals surface area contributed by atoms with Gasteiger partial charge in [-0.25, -0.2) is 0 Å². The molecule has 0 aliphatic rings. The smallest absolute Gasteiger partial charge is 0.0152 e. The summed E-state index contributed by atoms with van der Waals surface area (Å²) >= 11 is 0. The Labute approximate surface area is 89.4 Å². The first kappa shape index (κ1) is 10.3. The van der Waals surface area contributed by atoms with E-state index in [4.69, 9.17) is 0 Å². The summed E-state index contributed by atoms with van der Waals surface area (Å²) in [5, 5.41) is 2.71. The molecule has 0 nitrogen and oxygen atoms in total. The summed E-state index contributed by atoms with van der Waals surface area (Å²) < 4.78 is 0. The van der Waals surface area contributed by atoms with Crippen molar-refractivity contribution in [3.63, 3.8) is 0 Å². The van der Waals surface area contributed by atoms with Gasteiger partial charge in [0, 0.05) is 0 Å². The zero-order chi connectivity index (χ0) is 8.55. The van der Waals surface area contributed by atoms with Gasteiger partial charge in [0.25, 0.3) is 0 Å². The summed E-state index contributed by atoms with van der Waals surface area (Å²) in [6.07, 6.45) is 0. The molecule has 1 heteroatoms. The molecule has 0 heterocycles. The summed E-state index contributed by atoms with van der Waals surface area (Å²) in [6.45, 7) is 4.33. The van der Waals surface area contributed by atoms with Crippen molar-refractivity contribution in [2.24, 2.45) is 0 Å². The van der Waals surface area contributed by atoms with Crippen molar-refractivity contribution in [3.8, 4) is 0 Å². The van der Waals surface area contributed by atoms with E-state index < -0.39 is 0 Å². The lowest BCUT2D eigenvalue weighted by Gasteiger charge is -2.04. The van der Waals surface area contributed by atoms with E-state index in [-0.39, 0.29) is 17.0 Å². The first-order valence-electron chi connectivity index (χ1n) is 4.24. The average Bonchev–Trinajstić information content (AvgIpc) is 2.12. The Kier molecular flexibility index (Phi) is 3.10. The van der Waals surface area contributed by atoms with Crippen LogP contribution in [0, 0.1) is 13.8 Å². The van der Waals surface area contributed by atoms with Crippen molar-refractivity contribution >= 4 is 27.8 Å². The second-order valence-corrected chi connectivity index (χ2v) is 3.23. The molecule has 0 saturated carbocycles. The highest BCUT2D eigenvalue weighted by molar-refractivity contribution is 8.93. The third kappa shape index (κ3) is 1.75. The zero-order valence-corrected chi connectivity index (χ0v) is 9.59. The maximum atomic E-state index is 2.18. The van der Waals surface area contributed by atoms with E-state index in [0.29, 0.717) is 0 Å². The van der Waals surface area contributed by atoms with Crippen LogP contribution in [-0.2, 0) is 0 Å². The first-order chi connectivity index (χ1) is 5.79.